The first-order valence-electron chi connectivity index (χ1n) is 6.13. The Morgan fingerprint density at radius 3 is 2.56 bits per heavy atom. The van der Waals surface area contributed by atoms with Crippen LogP contribution in [0.1, 0.15) is 26.3 Å². The maximum absolute atomic E-state index is 10.2. The molecule has 0 aliphatic heterocycles. The molecule has 0 radical (unpaired) electrons. The highest BCUT2D eigenvalue weighted by Gasteiger charge is 2.26. The molecule has 1 atom stereocenters. The van der Waals surface area contributed by atoms with Crippen LogP contribution >= 0.6 is 0 Å². The van der Waals surface area contributed by atoms with E-state index < -0.39 is 5.60 Å². The summed E-state index contributed by atoms with van der Waals surface area (Å²) in [5.41, 5.74) is 5.66. The Labute approximate surface area is 109 Å². The number of nitrogens with two attached hydrogens (primary N) is 1. The molecule has 102 valence electrons. The highest BCUT2D eigenvalue weighted by atomic mass is 16.5. The molecule has 0 bridgehead atoms. The lowest BCUT2D eigenvalue weighted by Gasteiger charge is -2.28. The van der Waals surface area contributed by atoms with E-state index in [1.807, 2.05) is 32.0 Å². The van der Waals surface area contributed by atoms with Crippen molar-refractivity contribution in [1.82, 2.24) is 0 Å². The van der Waals surface area contributed by atoms with Gasteiger partial charge in [0, 0.05) is 12.1 Å². The Kier molecular flexibility index (Phi) is 4.99. The van der Waals surface area contributed by atoms with Crippen molar-refractivity contribution in [1.29, 1.82) is 0 Å². The van der Waals surface area contributed by atoms with Crippen LogP contribution in [-0.2, 0) is 6.54 Å². The maximum Gasteiger partial charge on any atom is 0.165 e. The number of hydrogen-bond acceptors (Lipinski definition) is 4. The van der Waals surface area contributed by atoms with Crippen molar-refractivity contribution in [3.05, 3.63) is 23.8 Å². The average molecular weight is 253 g/mol. The molecular formula is C14H23NO3. The number of methoxy groups -OCH3 is 1. The molecule has 0 spiro atoms. The van der Waals surface area contributed by atoms with Crippen LogP contribution in [0, 0.1) is 5.92 Å². The Hall–Kier alpha value is -1.26. The first-order valence-corrected chi connectivity index (χ1v) is 6.13. The molecule has 0 aliphatic carbocycles. The van der Waals surface area contributed by atoms with Gasteiger partial charge < -0.3 is 20.3 Å². The van der Waals surface area contributed by atoms with Crippen molar-refractivity contribution in [2.24, 2.45) is 11.7 Å². The minimum absolute atomic E-state index is 0.105. The summed E-state index contributed by atoms with van der Waals surface area (Å²) in [4.78, 5) is 0. The molecule has 18 heavy (non-hydrogen) atoms. The number of hydrogen-bond donors (Lipinski definition) is 2. The topological polar surface area (TPSA) is 64.7 Å². The summed E-state index contributed by atoms with van der Waals surface area (Å²) in [5, 5.41) is 10.2. The molecule has 1 aromatic rings. The first-order chi connectivity index (χ1) is 8.42. The monoisotopic (exact) mass is 253 g/mol. The van der Waals surface area contributed by atoms with Gasteiger partial charge in [-0.1, -0.05) is 26.0 Å². The summed E-state index contributed by atoms with van der Waals surface area (Å²) in [6.07, 6.45) is 0. The molecule has 0 aromatic heterocycles. The molecule has 1 rings (SSSR count). The van der Waals surface area contributed by atoms with E-state index in [2.05, 4.69) is 0 Å². The summed E-state index contributed by atoms with van der Waals surface area (Å²) < 4.78 is 11.0. The summed E-state index contributed by atoms with van der Waals surface area (Å²) in [7, 11) is 1.59. The van der Waals surface area contributed by atoms with Gasteiger partial charge in [0.05, 0.1) is 12.7 Å². The maximum atomic E-state index is 10.2. The fourth-order valence-corrected chi connectivity index (χ4v) is 1.43. The third kappa shape index (κ3) is 3.37. The number of ether oxygens (including phenoxy) is 2. The fourth-order valence-electron chi connectivity index (χ4n) is 1.43. The summed E-state index contributed by atoms with van der Waals surface area (Å²) >= 11 is 0. The molecule has 0 aliphatic rings. The number of aliphatic hydroxyl groups is 1. The van der Waals surface area contributed by atoms with Crippen molar-refractivity contribution in [3.63, 3.8) is 0 Å². The Morgan fingerprint density at radius 2 is 2.06 bits per heavy atom. The number of para-hydroxylation sites is 1. The minimum Gasteiger partial charge on any atom is -0.493 e. The smallest absolute Gasteiger partial charge is 0.165 e. The van der Waals surface area contributed by atoms with Gasteiger partial charge in [0.1, 0.15) is 6.61 Å². The molecule has 4 heteroatoms. The molecule has 0 heterocycles. The van der Waals surface area contributed by atoms with E-state index in [1.165, 1.54) is 0 Å². The lowest BCUT2D eigenvalue weighted by molar-refractivity contribution is -0.0273. The van der Waals surface area contributed by atoms with E-state index in [-0.39, 0.29) is 12.5 Å². The Balaban J connectivity index is 2.90. The van der Waals surface area contributed by atoms with Gasteiger partial charge in [-0.15, -0.1) is 0 Å². The summed E-state index contributed by atoms with van der Waals surface area (Å²) in [6, 6.07) is 5.58. The van der Waals surface area contributed by atoms with E-state index in [4.69, 9.17) is 15.2 Å². The quantitative estimate of drug-likeness (QED) is 0.813. The second-order valence-electron chi connectivity index (χ2n) is 4.95. The lowest BCUT2D eigenvalue weighted by Crippen LogP contribution is -2.38. The van der Waals surface area contributed by atoms with Crippen molar-refractivity contribution in [3.8, 4) is 11.5 Å². The average Bonchev–Trinajstić information content (AvgIpc) is 2.35. The van der Waals surface area contributed by atoms with Crippen molar-refractivity contribution in [2.45, 2.75) is 32.9 Å². The van der Waals surface area contributed by atoms with Crippen LogP contribution in [-0.4, -0.2) is 24.4 Å². The van der Waals surface area contributed by atoms with Crippen LogP contribution in [0.4, 0.5) is 0 Å². The summed E-state index contributed by atoms with van der Waals surface area (Å²) in [6.45, 7) is 6.24. The lowest BCUT2D eigenvalue weighted by atomic mass is 9.94. The van der Waals surface area contributed by atoms with Crippen LogP contribution in [0.3, 0.4) is 0 Å². The SMILES string of the molecule is COc1cccc(CN)c1OCC(C)(O)C(C)C. The second kappa shape index (κ2) is 6.07. The zero-order valence-corrected chi connectivity index (χ0v) is 11.6. The molecule has 3 N–H and O–H groups in total. The fraction of sp³-hybridized carbons (Fsp3) is 0.571. The third-order valence-corrected chi connectivity index (χ3v) is 3.25. The van der Waals surface area contributed by atoms with E-state index in [1.54, 1.807) is 14.0 Å². The van der Waals surface area contributed by atoms with Gasteiger partial charge in [0.2, 0.25) is 0 Å². The van der Waals surface area contributed by atoms with Crippen LogP contribution in [0.2, 0.25) is 0 Å². The van der Waals surface area contributed by atoms with Gasteiger partial charge in [-0.05, 0) is 18.9 Å². The van der Waals surface area contributed by atoms with Gasteiger partial charge in [0.15, 0.2) is 11.5 Å². The third-order valence-electron chi connectivity index (χ3n) is 3.25. The molecule has 0 fully saturated rings. The van der Waals surface area contributed by atoms with Gasteiger partial charge in [0.25, 0.3) is 0 Å². The van der Waals surface area contributed by atoms with Gasteiger partial charge in [-0.25, -0.2) is 0 Å². The Morgan fingerprint density at radius 1 is 1.39 bits per heavy atom. The normalized spacial score (nSPS) is 14.4. The molecule has 0 amide bonds. The van der Waals surface area contributed by atoms with Crippen LogP contribution in [0.5, 0.6) is 11.5 Å². The largest absolute Gasteiger partial charge is 0.493 e. The molecule has 1 aromatic carbocycles. The highest BCUT2D eigenvalue weighted by molar-refractivity contribution is 5.46. The predicted molar refractivity (Wildman–Crippen MR) is 71.8 cm³/mol. The number of benzene rings is 1. The Bertz CT molecular complexity index is 366. The van der Waals surface area contributed by atoms with Crippen molar-refractivity contribution >= 4 is 0 Å². The van der Waals surface area contributed by atoms with Crippen LogP contribution in [0.25, 0.3) is 0 Å². The molecule has 1 unspecified atom stereocenters. The first kappa shape index (κ1) is 14.8. The van der Waals surface area contributed by atoms with E-state index >= 15 is 0 Å². The second-order valence-corrected chi connectivity index (χ2v) is 4.95. The standard InChI is InChI=1S/C14H23NO3/c1-10(2)14(3,16)9-18-13-11(8-15)6-5-7-12(13)17-4/h5-7,10,16H,8-9,15H2,1-4H3. The van der Waals surface area contributed by atoms with Crippen molar-refractivity contribution < 1.29 is 14.6 Å². The number of rotatable bonds is 6. The van der Waals surface area contributed by atoms with Gasteiger partial charge in [-0.2, -0.15) is 0 Å². The van der Waals surface area contributed by atoms with E-state index in [9.17, 15) is 5.11 Å². The molecular weight excluding hydrogens is 230 g/mol. The van der Waals surface area contributed by atoms with Crippen LogP contribution in [0.15, 0.2) is 18.2 Å². The highest BCUT2D eigenvalue weighted by Crippen LogP contribution is 2.32. The van der Waals surface area contributed by atoms with Crippen LogP contribution < -0.4 is 15.2 Å². The van der Waals surface area contributed by atoms with E-state index in [0.29, 0.717) is 18.0 Å². The zero-order valence-electron chi connectivity index (χ0n) is 11.6. The van der Waals surface area contributed by atoms with Crippen molar-refractivity contribution in [2.75, 3.05) is 13.7 Å². The molecule has 0 saturated carbocycles. The van der Waals surface area contributed by atoms with E-state index in [0.717, 1.165) is 5.56 Å². The minimum atomic E-state index is -0.882. The van der Waals surface area contributed by atoms with Gasteiger partial charge >= 0.3 is 0 Å². The zero-order chi connectivity index (χ0) is 13.8. The molecule has 0 saturated heterocycles. The summed E-state index contributed by atoms with van der Waals surface area (Å²) in [5.74, 6) is 1.36. The predicted octanol–water partition coefficient (Wildman–Crippen LogP) is 1.94. The molecule has 4 nitrogen and oxygen atoms in total. The van der Waals surface area contributed by atoms with Gasteiger partial charge in [-0.3, -0.25) is 0 Å².